The average molecular weight is 199 g/mol. The second-order valence-corrected chi connectivity index (χ2v) is 6.36. The molecule has 0 heterocycles. The van der Waals surface area contributed by atoms with Crippen LogP contribution in [0.2, 0.25) is 0 Å². The van der Waals surface area contributed by atoms with E-state index in [4.69, 9.17) is 0 Å². The number of hydrogen-bond acceptors (Lipinski definition) is 1. The fourth-order valence-corrected chi connectivity index (χ4v) is 1.33. The summed E-state index contributed by atoms with van der Waals surface area (Å²) in [5.41, 5.74) is 0.948. The van der Waals surface area contributed by atoms with E-state index in [1.165, 1.54) is 25.8 Å². The molecule has 0 fully saturated rings. The van der Waals surface area contributed by atoms with Crippen LogP contribution in [0.3, 0.4) is 0 Å². The molecular weight excluding hydrogens is 170 g/mol. The average Bonchev–Trinajstić information content (AvgIpc) is 2.01. The third-order valence-corrected chi connectivity index (χ3v) is 2.82. The summed E-state index contributed by atoms with van der Waals surface area (Å²) >= 11 is 0. The third kappa shape index (κ3) is 8.55. The first kappa shape index (κ1) is 14.0. The van der Waals surface area contributed by atoms with Gasteiger partial charge in [0.1, 0.15) is 0 Å². The van der Waals surface area contributed by atoms with Crippen LogP contribution in [-0.2, 0) is 0 Å². The maximum atomic E-state index is 3.52. The van der Waals surface area contributed by atoms with Crippen molar-refractivity contribution in [2.24, 2.45) is 10.8 Å². The zero-order chi connectivity index (χ0) is 11.2. The van der Waals surface area contributed by atoms with Gasteiger partial charge in [-0.2, -0.15) is 0 Å². The van der Waals surface area contributed by atoms with Crippen LogP contribution < -0.4 is 5.32 Å². The molecule has 0 bridgehead atoms. The van der Waals surface area contributed by atoms with Gasteiger partial charge < -0.3 is 5.32 Å². The molecule has 1 nitrogen and oxygen atoms in total. The SMILES string of the molecule is CCC(C)(C)CCCNCC(C)(C)C. The Bertz CT molecular complexity index is 142. The Morgan fingerprint density at radius 1 is 1.00 bits per heavy atom. The van der Waals surface area contributed by atoms with Crippen LogP contribution in [0, 0.1) is 10.8 Å². The van der Waals surface area contributed by atoms with E-state index in [1.807, 2.05) is 0 Å². The quantitative estimate of drug-likeness (QED) is 0.641. The zero-order valence-electron chi connectivity index (χ0n) is 11.0. The van der Waals surface area contributed by atoms with Crippen molar-refractivity contribution in [3.05, 3.63) is 0 Å². The molecule has 0 atom stereocenters. The van der Waals surface area contributed by atoms with Crippen molar-refractivity contribution in [1.82, 2.24) is 5.32 Å². The van der Waals surface area contributed by atoms with E-state index in [1.54, 1.807) is 0 Å². The van der Waals surface area contributed by atoms with Gasteiger partial charge >= 0.3 is 0 Å². The van der Waals surface area contributed by atoms with Crippen LogP contribution in [0.15, 0.2) is 0 Å². The monoisotopic (exact) mass is 199 g/mol. The lowest BCUT2D eigenvalue weighted by molar-refractivity contribution is 0.304. The fraction of sp³-hybridized carbons (Fsp3) is 1.00. The summed E-state index contributed by atoms with van der Waals surface area (Å²) < 4.78 is 0. The van der Waals surface area contributed by atoms with Crippen molar-refractivity contribution >= 4 is 0 Å². The smallest absolute Gasteiger partial charge is 0.0000125 e. The number of hydrogen-bond donors (Lipinski definition) is 1. The molecule has 86 valence electrons. The van der Waals surface area contributed by atoms with Crippen LogP contribution in [0.1, 0.15) is 60.8 Å². The highest BCUT2D eigenvalue weighted by atomic mass is 14.9. The lowest BCUT2D eigenvalue weighted by atomic mass is 9.85. The topological polar surface area (TPSA) is 12.0 Å². The predicted molar refractivity (Wildman–Crippen MR) is 65.6 cm³/mol. The minimum atomic E-state index is 0.417. The largest absolute Gasteiger partial charge is 0.316 e. The van der Waals surface area contributed by atoms with E-state index in [9.17, 15) is 0 Å². The lowest BCUT2D eigenvalue weighted by Crippen LogP contribution is -2.28. The Morgan fingerprint density at radius 2 is 1.57 bits per heavy atom. The van der Waals surface area contributed by atoms with Gasteiger partial charge in [0.05, 0.1) is 0 Å². The van der Waals surface area contributed by atoms with Gasteiger partial charge in [0.25, 0.3) is 0 Å². The van der Waals surface area contributed by atoms with E-state index < -0.39 is 0 Å². The molecule has 0 aromatic heterocycles. The second-order valence-electron chi connectivity index (χ2n) is 6.36. The van der Waals surface area contributed by atoms with Gasteiger partial charge in [-0.15, -0.1) is 0 Å². The van der Waals surface area contributed by atoms with Gasteiger partial charge in [-0.25, -0.2) is 0 Å². The molecule has 0 amide bonds. The van der Waals surface area contributed by atoms with Gasteiger partial charge in [-0.3, -0.25) is 0 Å². The molecule has 0 saturated heterocycles. The molecule has 0 radical (unpaired) electrons. The fourth-order valence-electron chi connectivity index (χ4n) is 1.33. The first-order chi connectivity index (χ1) is 6.27. The highest BCUT2D eigenvalue weighted by molar-refractivity contribution is 4.68. The summed E-state index contributed by atoms with van der Waals surface area (Å²) in [7, 11) is 0. The predicted octanol–water partition coefficient (Wildman–Crippen LogP) is 3.84. The molecule has 1 N–H and O–H groups in total. The Balaban J connectivity index is 3.39. The van der Waals surface area contributed by atoms with E-state index in [-0.39, 0.29) is 0 Å². The highest BCUT2D eigenvalue weighted by Crippen LogP contribution is 2.25. The first-order valence-corrected chi connectivity index (χ1v) is 5.97. The van der Waals surface area contributed by atoms with Crippen molar-refractivity contribution in [1.29, 1.82) is 0 Å². The molecule has 0 unspecified atom stereocenters. The van der Waals surface area contributed by atoms with Crippen molar-refractivity contribution in [3.63, 3.8) is 0 Å². The second kappa shape index (κ2) is 5.75. The molecule has 1 heteroatoms. The maximum Gasteiger partial charge on any atom is -0.0000125 e. The molecule has 0 aliphatic carbocycles. The summed E-state index contributed by atoms with van der Waals surface area (Å²) in [6, 6.07) is 0. The van der Waals surface area contributed by atoms with E-state index in [0.717, 1.165) is 6.54 Å². The van der Waals surface area contributed by atoms with Gasteiger partial charge in [-0.1, -0.05) is 48.0 Å². The normalized spacial score (nSPS) is 13.3. The van der Waals surface area contributed by atoms with Gasteiger partial charge in [-0.05, 0) is 36.8 Å². The minimum absolute atomic E-state index is 0.417. The summed E-state index contributed by atoms with van der Waals surface area (Å²) in [6.45, 7) is 16.1. The number of rotatable bonds is 6. The molecule has 0 aliphatic rings. The van der Waals surface area contributed by atoms with E-state index in [0.29, 0.717) is 10.8 Å². The summed E-state index contributed by atoms with van der Waals surface area (Å²) in [5.74, 6) is 0. The third-order valence-electron chi connectivity index (χ3n) is 2.82. The van der Waals surface area contributed by atoms with Crippen LogP contribution in [0.25, 0.3) is 0 Å². The van der Waals surface area contributed by atoms with Crippen molar-refractivity contribution in [3.8, 4) is 0 Å². The Kier molecular flexibility index (Phi) is 5.73. The maximum absolute atomic E-state index is 3.52. The lowest BCUT2D eigenvalue weighted by Gasteiger charge is -2.23. The highest BCUT2D eigenvalue weighted by Gasteiger charge is 2.14. The summed E-state index contributed by atoms with van der Waals surface area (Å²) in [4.78, 5) is 0. The summed E-state index contributed by atoms with van der Waals surface area (Å²) in [6.07, 6.45) is 3.92. The van der Waals surface area contributed by atoms with Crippen molar-refractivity contribution < 1.29 is 0 Å². The molecular formula is C13H29N. The standard InChI is InChI=1S/C13H29N/c1-7-13(5,6)9-8-10-14-11-12(2,3)4/h14H,7-11H2,1-6H3. The van der Waals surface area contributed by atoms with Crippen molar-refractivity contribution in [2.45, 2.75) is 60.8 Å². The van der Waals surface area contributed by atoms with E-state index >= 15 is 0 Å². The Morgan fingerprint density at radius 3 is 2.00 bits per heavy atom. The van der Waals surface area contributed by atoms with Crippen LogP contribution in [0.5, 0.6) is 0 Å². The first-order valence-electron chi connectivity index (χ1n) is 5.97. The molecule has 0 saturated carbocycles. The molecule has 0 spiro atoms. The molecule has 0 aliphatic heterocycles. The Hall–Kier alpha value is -0.0400. The number of nitrogens with one attached hydrogen (secondary N) is 1. The van der Waals surface area contributed by atoms with Crippen molar-refractivity contribution in [2.75, 3.05) is 13.1 Å². The molecule has 14 heavy (non-hydrogen) atoms. The molecule has 0 aromatic rings. The van der Waals surface area contributed by atoms with Crippen LogP contribution in [-0.4, -0.2) is 13.1 Å². The zero-order valence-corrected chi connectivity index (χ0v) is 11.0. The van der Waals surface area contributed by atoms with Gasteiger partial charge in [0, 0.05) is 0 Å². The van der Waals surface area contributed by atoms with Gasteiger partial charge in [0.2, 0.25) is 0 Å². The molecule has 0 rings (SSSR count). The van der Waals surface area contributed by atoms with E-state index in [2.05, 4.69) is 46.9 Å². The molecule has 0 aromatic carbocycles. The van der Waals surface area contributed by atoms with Crippen LogP contribution >= 0.6 is 0 Å². The Labute approximate surface area is 90.7 Å². The van der Waals surface area contributed by atoms with Gasteiger partial charge in [0.15, 0.2) is 0 Å². The minimum Gasteiger partial charge on any atom is -0.316 e. The van der Waals surface area contributed by atoms with Crippen LogP contribution in [0.4, 0.5) is 0 Å². The summed E-state index contributed by atoms with van der Waals surface area (Å²) in [5, 5.41) is 3.52.